The fraction of sp³-hybridized carbons (Fsp3) is 0.571. The van der Waals surface area contributed by atoms with Gasteiger partial charge in [0, 0.05) is 12.8 Å². The number of rotatable bonds is 1. The molecule has 0 aromatic carbocycles. The second-order valence-electron chi connectivity index (χ2n) is 2.09. The minimum Gasteiger partial charge on any atom is -0.475 e. The van der Waals surface area contributed by atoms with Gasteiger partial charge in [-0.1, -0.05) is 0 Å². The predicted molar refractivity (Wildman–Crippen MR) is 40.8 cm³/mol. The Balaban J connectivity index is 2.68. The SMILES string of the molecule is CC=NC1=C(C)NCCO1. The molecule has 10 heavy (non-hydrogen) atoms. The Morgan fingerprint density at radius 3 is 3.10 bits per heavy atom. The van der Waals surface area contributed by atoms with Gasteiger partial charge in [0.25, 0.3) is 0 Å². The molecule has 1 N–H and O–H groups in total. The molecule has 3 nitrogen and oxygen atoms in total. The van der Waals surface area contributed by atoms with Crippen LogP contribution >= 0.6 is 0 Å². The summed E-state index contributed by atoms with van der Waals surface area (Å²) in [7, 11) is 0. The predicted octanol–water partition coefficient (Wildman–Crippen LogP) is 0.886. The van der Waals surface area contributed by atoms with Crippen LogP contribution in [0.5, 0.6) is 0 Å². The van der Waals surface area contributed by atoms with Crippen LogP contribution in [0.3, 0.4) is 0 Å². The molecule has 1 aliphatic rings. The Morgan fingerprint density at radius 1 is 1.70 bits per heavy atom. The first-order chi connectivity index (χ1) is 4.84. The monoisotopic (exact) mass is 140 g/mol. The van der Waals surface area contributed by atoms with E-state index < -0.39 is 0 Å². The molecule has 0 bridgehead atoms. The summed E-state index contributed by atoms with van der Waals surface area (Å²) in [6, 6.07) is 0. The third-order valence-electron chi connectivity index (χ3n) is 1.30. The average Bonchev–Trinajstić information content (AvgIpc) is 1.94. The molecule has 0 radical (unpaired) electrons. The van der Waals surface area contributed by atoms with Gasteiger partial charge in [-0.2, -0.15) is 0 Å². The quantitative estimate of drug-likeness (QED) is 0.549. The van der Waals surface area contributed by atoms with Gasteiger partial charge in [-0.05, 0) is 13.8 Å². The Morgan fingerprint density at radius 2 is 2.50 bits per heavy atom. The van der Waals surface area contributed by atoms with E-state index in [4.69, 9.17) is 4.74 Å². The number of ether oxygens (including phenoxy) is 1. The normalized spacial score (nSPS) is 19.0. The fourth-order valence-corrected chi connectivity index (χ4v) is 0.821. The van der Waals surface area contributed by atoms with Crippen LogP contribution in [0.1, 0.15) is 13.8 Å². The zero-order chi connectivity index (χ0) is 7.40. The molecule has 0 aromatic rings. The number of nitrogens with zero attached hydrogens (tertiary/aromatic N) is 1. The maximum absolute atomic E-state index is 5.25. The molecule has 56 valence electrons. The molecule has 0 spiro atoms. The molecule has 0 unspecified atom stereocenters. The molecule has 0 aliphatic carbocycles. The lowest BCUT2D eigenvalue weighted by Gasteiger charge is -2.16. The minimum absolute atomic E-state index is 0.712. The Labute approximate surface area is 60.8 Å². The molecule has 1 heterocycles. The molecule has 0 aromatic heterocycles. The van der Waals surface area contributed by atoms with Gasteiger partial charge < -0.3 is 10.1 Å². The molecule has 0 atom stereocenters. The van der Waals surface area contributed by atoms with Gasteiger partial charge in [0.2, 0.25) is 5.88 Å². The number of allylic oxidation sites excluding steroid dienone is 1. The minimum atomic E-state index is 0.712. The number of aliphatic imine (C=N–C) groups is 1. The zero-order valence-corrected chi connectivity index (χ0v) is 6.35. The van der Waals surface area contributed by atoms with Crippen LogP contribution in [0.25, 0.3) is 0 Å². The zero-order valence-electron chi connectivity index (χ0n) is 6.35. The van der Waals surface area contributed by atoms with Crippen LogP contribution in [-0.4, -0.2) is 19.4 Å². The highest BCUT2D eigenvalue weighted by Crippen LogP contribution is 2.07. The van der Waals surface area contributed by atoms with E-state index >= 15 is 0 Å². The van der Waals surface area contributed by atoms with Crippen LogP contribution in [0, 0.1) is 0 Å². The van der Waals surface area contributed by atoms with Crippen LogP contribution < -0.4 is 5.32 Å². The van der Waals surface area contributed by atoms with Gasteiger partial charge >= 0.3 is 0 Å². The van der Waals surface area contributed by atoms with E-state index in [0.717, 1.165) is 12.2 Å². The molecular formula is C7H12N2O. The second kappa shape index (κ2) is 3.25. The molecule has 0 amide bonds. The summed E-state index contributed by atoms with van der Waals surface area (Å²) in [5.41, 5.74) is 1.02. The standard InChI is InChI=1S/C7H12N2O/c1-3-8-7-6(2)9-4-5-10-7/h3,9H,4-5H2,1-2H3. The van der Waals surface area contributed by atoms with E-state index in [1.54, 1.807) is 6.21 Å². The third kappa shape index (κ3) is 1.50. The Bertz CT molecular complexity index is 172. The molecule has 0 fully saturated rings. The van der Waals surface area contributed by atoms with Gasteiger partial charge in [0.05, 0.1) is 5.70 Å². The third-order valence-corrected chi connectivity index (χ3v) is 1.30. The van der Waals surface area contributed by atoms with Gasteiger partial charge in [-0.3, -0.25) is 0 Å². The summed E-state index contributed by atoms with van der Waals surface area (Å²) in [4.78, 5) is 4.03. The van der Waals surface area contributed by atoms with Crippen molar-refractivity contribution in [2.24, 2.45) is 4.99 Å². The topological polar surface area (TPSA) is 33.6 Å². The highest BCUT2D eigenvalue weighted by atomic mass is 16.5. The van der Waals surface area contributed by atoms with Crippen molar-refractivity contribution in [2.75, 3.05) is 13.2 Å². The largest absolute Gasteiger partial charge is 0.475 e. The summed E-state index contributed by atoms with van der Waals surface area (Å²) in [5.74, 6) is 0.716. The Kier molecular flexibility index (Phi) is 2.31. The van der Waals surface area contributed by atoms with Crippen molar-refractivity contribution in [3.8, 4) is 0 Å². The van der Waals surface area contributed by atoms with Crippen molar-refractivity contribution in [3.63, 3.8) is 0 Å². The van der Waals surface area contributed by atoms with Gasteiger partial charge in [0.1, 0.15) is 6.61 Å². The van der Waals surface area contributed by atoms with Crippen LogP contribution in [-0.2, 0) is 4.74 Å². The fourth-order valence-electron chi connectivity index (χ4n) is 0.821. The number of hydrogen-bond acceptors (Lipinski definition) is 3. The summed E-state index contributed by atoms with van der Waals surface area (Å²) in [6.07, 6.45) is 1.73. The highest BCUT2D eigenvalue weighted by molar-refractivity contribution is 5.55. The van der Waals surface area contributed by atoms with Crippen molar-refractivity contribution in [2.45, 2.75) is 13.8 Å². The van der Waals surface area contributed by atoms with Gasteiger partial charge in [-0.15, -0.1) is 0 Å². The van der Waals surface area contributed by atoms with Gasteiger partial charge in [-0.25, -0.2) is 4.99 Å². The molecule has 1 rings (SSSR count). The van der Waals surface area contributed by atoms with E-state index in [9.17, 15) is 0 Å². The van der Waals surface area contributed by atoms with Crippen molar-refractivity contribution >= 4 is 6.21 Å². The molecule has 3 heteroatoms. The summed E-state index contributed by atoms with van der Waals surface area (Å²) >= 11 is 0. The van der Waals surface area contributed by atoms with E-state index in [0.29, 0.717) is 12.5 Å². The Hall–Kier alpha value is -0.990. The van der Waals surface area contributed by atoms with Crippen LogP contribution in [0.4, 0.5) is 0 Å². The maximum atomic E-state index is 5.25. The smallest absolute Gasteiger partial charge is 0.232 e. The van der Waals surface area contributed by atoms with E-state index in [-0.39, 0.29) is 0 Å². The average molecular weight is 140 g/mol. The molecule has 1 aliphatic heterocycles. The van der Waals surface area contributed by atoms with Crippen molar-refractivity contribution in [3.05, 3.63) is 11.6 Å². The lowest BCUT2D eigenvalue weighted by molar-refractivity contribution is 0.189. The molecule has 0 saturated heterocycles. The maximum Gasteiger partial charge on any atom is 0.232 e. The first-order valence-corrected chi connectivity index (χ1v) is 3.41. The molecular weight excluding hydrogens is 128 g/mol. The number of hydrogen-bond donors (Lipinski definition) is 1. The molecule has 0 saturated carbocycles. The summed E-state index contributed by atoms with van der Waals surface area (Å²) < 4.78 is 5.25. The second-order valence-corrected chi connectivity index (χ2v) is 2.09. The van der Waals surface area contributed by atoms with Crippen molar-refractivity contribution < 1.29 is 4.74 Å². The van der Waals surface area contributed by atoms with Crippen molar-refractivity contribution in [1.82, 2.24) is 5.32 Å². The van der Waals surface area contributed by atoms with Gasteiger partial charge in [0.15, 0.2) is 0 Å². The van der Waals surface area contributed by atoms with Crippen LogP contribution in [0.15, 0.2) is 16.6 Å². The van der Waals surface area contributed by atoms with E-state index in [2.05, 4.69) is 10.3 Å². The van der Waals surface area contributed by atoms with Crippen molar-refractivity contribution in [1.29, 1.82) is 0 Å². The highest BCUT2D eigenvalue weighted by Gasteiger charge is 2.06. The lowest BCUT2D eigenvalue weighted by Crippen LogP contribution is -2.24. The first-order valence-electron chi connectivity index (χ1n) is 3.41. The first kappa shape index (κ1) is 7.12. The van der Waals surface area contributed by atoms with E-state index in [1.807, 2.05) is 13.8 Å². The van der Waals surface area contributed by atoms with Crippen LogP contribution in [0.2, 0.25) is 0 Å². The number of nitrogens with one attached hydrogen (secondary N) is 1. The lowest BCUT2D eigenvalue weighted by atomic mass is 10.4. The van der Waals surface area contributed by atoms with E-state index in [1.165, 1.54) is 0 Å². The summed E-state index contributed by atoms with van der Waals surface area (Å²) in [6.45, 7) is 5.43. The summed E-state index contributed by atoms with van der Waals surface area (Å²) in [5, 5.41) is 3.16.